The Balaban J connectivity index is 2.60. The van der Waals surface area contributed by atoms with Gasteiger partial charge in [-0.15, -0.1) is 0 Å². The molecule has 4 nitrogen and oxygen atoms in total. The van der Waals surface area contributed by atoms with Crippen molar-refractivity contribution in [3.63, 3.8) is 0 Å². The molecule has 0 aliphatic carbocycles. The van der Waals surface area contributed by atoms with Gasteiger partial charge in [0.1, 0.15) is 0 Å². The number of hydrogen-bond acceptors (Lipinski definition) is 4. The van der Waals surface area contributed by atoms with E-state index >= 15 is 0 Å². The fourth-order valence-electron chi connectivity index (χ4n) is 1.32. The lowest BCUT2D eigenvalue weighted by Gasteiger charge is -2.16. The predicted octanol–water partition coefficient (Wildman–Crippen LogP) is 2.53. The molecule has 0 aliphatic rings. The Morgan fingerprint density at radius 2 is 1.82 bits per heavy atom. The van der Waals surface area contributed by atoms with E-state index < -0.39 is 18.2 Å². The molecule has 0 bridgehead atoms. The zero-order valence-electron chi connectivity index (χ0n) is 10.0. The molecular formula is C13H16O4. The minimum Gasteiger partial charge on any atom is -0.425 e. The van der Waals surface area contributed by atoms with Crippen LogP contribution in [-0.4, -0.2) is 18.2 Å². The van der Waals surface area contributed by atoms with Crippen molar-refractivity contribution < 1.29 is 19.1 Å². The van der Waals surface area contributed by atoms with Gasteiger partial charge in [0.2, 0.25) is 6.29 Å². The summed E-state index contributed by atoms with van der Waals surface area (Å²) in [6.45, 7) is 3.21. The van der Waals surface area contributed by atoms with E-state index in [1.165, 1.54) is 6.92 Å². The Kier molecular flexibility index (Phi) is 5.20. The molecule has 17 heavy (non-hydrogen) atoms. The molecule has 0 aliphatic heterocycles. The largest absolute Gasteiger partial charge is 0.425 e. The number of ether oxygens (including phenoxy) is 2. The standard InChI is InChI=1S/C13H16O4/c1-3-7-12(16-10(2)14)17-13(15)11-8-5-4-6-9-11/h4-6,8-9,12H,3,7H2,1-2H3. The highest BCUT2D eigenvalue weighted by molar-refractivity contribution is 5.89. The lowest BCUT2D eigenvalue weighted by atomic mass is 10.2. The van der Waals surface area contributed by atoms with Gasteiger partial charge in [0.25, 0.3) is 0 Å². The molecular weight excluding hydrogens is 220 g/mol. The summed E-state index contributed by atoms with van der Waals surface area (Å²) < 4.78 is 10.0. The van der Waals surface area contributed by atoms with Crippen molar-refractivity contribution in [2.24, 2.45) is 0 Å². The van der Waals surface area contributed by atoms with Crippen molar-refractivity contribution in [2.75, 3.05) is 0 Å². The molecule has 0 radical (unpaired) electrons. The minimum atomic E-state index is -0.801. The fourth-order valence-corrected chi connectivity index (χ4v) is 1.32. The van der Waals surface area contributed by atoms with E-state index in [9.17, 15) is 9.59 Å². The van der Waals surface area contributed by atoms with Gasteiger partial charge >= 0.3 is 11.9 Å². The zero-order valence-corrected chi connectivity index (χ0v) is 10.0. The smallest absolute Gasteiger partial charge is 0.341 e. The molecule has 0 saturated carbocycles. The maximum atomic E-state index is 11.7. The first-order chi connectivity index (χ1) is 8.13. The first kappa shape index (κ1) is 13.2. The van der Waals surface area contributed by atoms with Gasteiger partial charge < -0.3 is 9.47 Å². The van der Waals surface area contributed by atoms with E-state index in [1.807, 2.05) is 13.0 Å². The first-order valence-corrected chi connectivity index (χ1v) is 5.56. The SMILES string of the molecule is CCCC(OC(C)=O)OC(=O)c1ccccc1. The lowest BCUT2D eigenvalue weighted by Crippen LogP contribution is -2.23. The number of esters is 2. The molecule has 0 amide bonds. The summed E-state index contributed by atoms with van der Waals surface area (Å²) >= 11 is 0. The van der Waals surface area contributed by atoms with Crippen LogP contribution in [0.3, 0.4) is 0 Å². The maximum Gasteiger partial charge on any atom is 0.341 e. The number of hydrogen-bond donors (Lipinski definition) is 0. The molecule has 1 atom stereocenters. The number of benzene rings is 1. The lowest BCUT2D eigenvalue weighted by molar-refractivity contribution is -0.166. The van der Waals surface area contributed by atoms with Gasteiger partial charge in [-0.05, 0) is 18.6 Å². The molecule has 92 valence electrons. The summed E-state index contributed by atoms with van der Waals surface area (Å²) in [5, 5.41) is 0. The molecule has 1 rings (SSSR count). The van der Waals surface area contributed by atoms with E-state index in [2.05, 4.69) is 0 Å². The highest BCUT2D eigenvalue weighted by Gasteiger charge is 2.17. The van der Waals surface area contributed by atoms with E-state index in [0.717, 1.165) is 6.42 Å². The van der Waals surface area contributed by atoms with Gasteiger partial charge in [-0.1, -0.05) is 25.1 Å². The Bertz CT molecular complexity index is 372. The molecule has 0 saturated heterocycles. The second kappa shape index (κ2) is 6.68. The molecule has 1 unspecified atom stereocenters. The quantitative estimate of drug-likeness (QED) is 0.582. The van der Waals surface area contributed by atoms with Crippen LogP contribution in [-0.2, 0) is 14.3 Å². The molecule has 0 aromatic heterocycles. The van der Waals surface area contributed by atoms with Crippen LogP contribution in [0.4, 0.5) is 0 Å². The molecule has 0 N–H and O–H groups in total. The topological polar surface area (TPSA) is 52.6 Å². The third-order valence-corrected chi connectivity index (χ3v) is 2.07. The average molecular weight is 236 g/mol. The molecule has 1 aromatic carbocycles. The Labute approximate surface area is 101 Å². The molecule has 0 heterocycles. The van der Waals surface area contributed by atoms with Gasteiger partial charge in [0.05, 0.1) is 5.56 Å². The summed E-state index contributed by atoms with van der Waals surface area (Å²) in [5.41, 5.74) is 0.445. The third-order valence-electron chi connectivity index (χ3n) is 2.07. The average Bonchev–Trinajstić information content (AvgIpc) is 2.29. The van der Waals surface area contributed by atoms with E-state index in [1.54, 1.807) is 24.3 Å². The van der Waals surface area contributed by atoms with Crippen LogP contribution in [0.5, 0.6) is 0 Å². The third kappa shape index (κ3) is 4.68. The van der Waals surface area contributed by atoms with Crippen LogP contribution in [0.1, 0.15) is 37.0 Å². The van der Waals surface area contributed by atoms with Gasteiger partial charge in [-0.2, -0.15) is 0 Å². The summed E-state index contributed by atoms with van der Waals surface area (Å²) in [6.07, 6.45) is 0.461. The molecule has 0 fully saturated rings. The summed E-state index contributed by atoms with van der Waals surface area (Å²) in [4.78, 5) is 22.5. The predicted molar refractivity (Wildman–Crippen MR) is 62.3 cm³/mol. The molecule has 0 spiro atoms. The number of carbonyl (C=O) groups is 2. The maximum absolute atomic E-state index is 11.7. The highest BCUT2D eigenvalue weighted by Crippen LogP contribution is 2.09. The molecule has 4 heteroatoms. The molecule has 1 aromatic rings. The van der Waals surface area contributed by atoms with Crippen LogP contribution in [0.2, 0.25) is 0 Å². The van der Waals surface area contributed by atoms with Gasteiger partial charge in [0.15, 0.2) is 0 Å². The van der Waals surface area contributed by atoms with E-state index in [4.69, 9.17) is 9.47 Å². The van der Waals surface area contributed by atoms with Crippen molar-refractivity contribution in [3.8, 4) is 0 Å². The van der Waals surface area contributed by atoms with Crippen molar-refractivity contribution in [1.29, 1.82) is 0 Å². The Morgan fingerprint density at radius 3 is 2.35 bits per heavy atom. The monoisotopic (exact) mass is 236 g/mol. The second-order valence-corrected chi connectivity index (χ2v) is 3.60. The van der Waals surface area contributed by atoms with Gasteiger partial charge in [-0.3, -0.25) is 4.79 Å². The van der Waals surface area contributed by atoms with Crippen molar-refractivity contribution in [2.45, 2.75) is 33.0 Å². The van der Waals surface area contributed by atoms with Crippen molar-refractivity contribution in [3.05, 3.63) is 35.9 Å². The van der Waals surface area contributed by atoms with Crippen LogP contribution in [0.25, 0.3) is 0 Å². The summed E-state index contributed by atoms with van der Waals surface area (Å²) in [7, 11) is 0. The van der Waals surface area contributed by atoms with Crippen molar-refractivity contribution in [1.82, 2.24) is 0 Å². The summed E-state index contributed by atoms with van der Waals surface area (Å²) in [6, 6.07) is 8.61. The minimum absolute atomic E-state index is 0.445. The number of carbonyl (C=O) groups excluding carboxylic acids is 2. The Morgan fingerprint density at radius 1 is 1.18 bits per heavy atom. The van der Waals surface area contributed by atoms with E-state index in [-0.39, 0.29) is 0 Å². The fraction of sp³-hybridized carbons (Fsp3) is 0.385. The second-order valence-electron chi connectivity index (χ2n) is 3.60. The van der Waals surface area contributed by atoms with Gasteiger partial charge in [-0.25, -0.2) is 4.79 Å². The van der Waals surface area contributed by atoms with Crippen LogP contribution in [0.15, 0.2) is 30.3 Å². The van der Waals surface area contributed by atoms with Gasteiger partial charge in [0, 0.05) is 13.3 Å². The normalized spacial score (nSPS) is 11.6. The van der Waals surface area contributed by atoms with Crippen LogP contribution >= 0.6 is 0 Å². The van der Waals surface area contributed by atoms with Crippen molar-refractivity contribution >= 4 is 11.9 Å². The number of rotatable bonds is 5. The zero-order chi connectivity index (χ0) is 12.7. The van der Waals surface area contributed by atoms with Crippen LogP contribution < -0.4 is 0 Å². The highest BCUT2D eigenvalue weighted by atomic mass is 16.7. The van der Waals surface area contributed by atoms with Crippen LogP contribution in [0, 0.1) is 0 Å². The first-order valence-electron chi connectivity index (χ1n) is 5.56. The summed E-state index contributed by atoms with van der Waals surface area (Å²) in [5.74, 6) is -0.936. The van der Waals surface area contributed by atoms with E-state index in [0.29, 0.717) is 12.0 Å². The Hall–Kier alpha value is -1.84.